The standard InChI is InChI=1S/C13H16N2O3S/c1-2-4-10(12-5-3-6-19-12)14-8-9-7-11(13(16)17)15-18-9/h3,5-7,10,14H,2,4,8H2,1H3,(H,16,17). The zero-order chi connectivity index (χ0) is 13.7. The maximum absolute atomic E-state index is 10.7. The van der Waals surface area contributed by atoms with E-state index in [0.717, 1.165) is 12.8 Å². The fourth-order valence-corrected chi connectivity index (χ4v) is 2.68. The van der Waals surface area contributed by atoms with Gasteiger partial charge >= 0.3 is 5.97 Å². The summed E-state index contributed by atoms with van der Waals surface area (Å²) in [7, 11) is 0. The Labute approximate surface area is 115 Å². The Morgan fingerprint density at radius 1 is 1.63 bits per heavy atom. The molecule has 102 valence electrons. The number of rotatable bonds is 7. The third kappa shape index (κ3) is 3.65. The molecule has 5 nitrogen and oxygen atoms in total. The quantitative estimate of drug-likeness (QED) is 0.815. The summed E-state index contributed by atoms with van der Waals surface area (Å²) in [5.41, 5.74) is -0.0556. The van der Waals surface area contributed by atoms with Gasteiger partial charge in [-0.1, -0.05) is 24.6 Å². The predicted molar refractivity (Wildman–Crippen MR) is 72.3 cm³/mol. The molecule has 0 bridgehead atoms. The molecule has 0 aliphatic rings. The average Bonchev–Trinajstić information content (AvgIpc) is 3.05. The number of hydrogen-bond donors (Lipinski definition) is 2. The highest BCUT2D eigenvalue weighted by Crippen LogP contribution is 2.23. The lowest BCUT2D eigenvalue weighted by atomic mass is 10.1. The maximum atomic E-state index is 10.7. The second-order valence-corrected chi connectivity index (χ2v) is 5.20. The molecule has 19 heavy (non-hydrogen) atoms. The number of nitrogens with zero attached hydrogens (tertiary/aromatic N) is 1. The smallest absolute Gasteiger partial charge is 0.358 e. The van der Waals surface area contributed by atoms with Crippen molar-refractivity contribution >= 4 is 17.3 Å². The van der Waals surface area contributed by atoms with E-state index in [0.29, 0.717) is 12.3 Å². The van der Waals surface area contributed by atoms with Gasteiger partial charge in [0, 0.05) is 17.0 Å². The van der Waals surface area contributed by atoms with Gasteiger partial charge < -0.3 is 14.9 Å². The van der Waals surface area contributed by atoms with E-state index < -0.39 is 5.97 Å². The molecule has 0 aliphatic heterocycles. The normalized spacial score (nSPS) is 12.5. The van der Waals surface area contributed by atoms with Gasteiger partial charge in [0.2, 0.25) is 0 Å². The molecular weight excluding hydrogens is 264 g/mol. The zero-order valence-corrected chi connectivity index (χ0v) is 11.4. The third-order valence-corrected chi connectivity index (χ3v) is 3.75. The van der Waals surface area contributed by atoms with E-state index in [1.807, 2.05) is 6.07 Å². The topological polar surface area (TPSA) is 75.4 Å². The van der Waals surface area contributed by atoms with Crippen LogP contribution < -0.4 is 5.32 Å². The predicted octanol–water partition coefficient (Wildman–Crippen LogP) is 3.07. The molecule has 2 N–H and O–H groups in total. The molecule has 0 amide bonds. The molecule has 2 rings (SSSR count). The van der Waals surface area contributed by atoms with Crippen molar-refractivity contribution in [3.05, 3.63) is 39.9 Å². The van der Waals surface area contributed by atoms with E-state index in [-0.39, 0.29) is 11.7 Å². The van der Waals surface area contributed by atoms with Crippen molar-refractivity contribution in [3.8, 4) is 0 Å². The van der Waals surface area contributed by atoms with Gasteiger partial charge in [0.1, 0.15) is 0 Å². The number of aromatic carboxylic acids is 1. The van der Waals surface area contributed by atoms with Crippen LogP contribution in [0.15, 0.2) is 28.1 Å². The van der Waals surface area contributed by atoms with Crippen LogP contribution in [0.25, 0.3) is 0 Å². The fraction of sp³-hybridized carbons (Fsp3) is 0.385. The number of carboxylic acid groups (broad SMARTS) is 1. The summed E-state index contributed by atoms with van der Waals surface area (Å²) < 4.78 is 4.98. The Kier molecular flexibility index (Phi) is 4.70. The number of carbonyl (C=O) groups is 1. The Morgan fingerprint density at radius 2 is 2.47 bits per heavy atom. The van der Waals surface area contributed by atoms with Crippen LogP contribution in [0.1, 0.15) is 46.9 Å². The first-order valence-corrected chi connectivity index (χ1v) is 7.04. The van der Waals surface area contributed by atoms with Gasteiger partial charge in [0.15, 0.2) is 11.5 Å². The van der Waals surface area contributed by atoms with Crippen molar-refractivity contribution in [1.29, 1.82) is 0 Å². The van der Waals surface area contributed by atoms with Crippen LogP contribution >= 0.6 is 11.3 Å². The van der Waals surface area contributed by atoms with Gasteiger partial charge in [-0.05, 0) is 17.9 Å². The van der Waals surface area contributed by atoms with E-state index in [1.165, 1.54) is 10.9 Å². The molecule has 2 aromatic rings. The van der Waals surface area contributed by atoms with Crippen LogP contribution in [-0.2, 0) is 6.54 Å². The summed E-state index contributed by atoms with van der Waals surface area (Å²) in [6.45, 7) is 2.61. The molecule has 0 saturated heterocycles. The molecule has 0 aliphatic carbocycles. The third-order valence-electron chi connectivity index (χ3n) is 2.76. The number of carboxylic acids is 1. The Balaban J connectivity index is 1.96. The van der Waals surface area contributed by atoms with E-state index in [9.17, 15) is 4.79 Å². The van der Waals surface area contributed by atoms with Crippen molar-refractivity contribution in [2.75, 3.05) is 0 Å². The molecule has 6 heteroatoms. The van der Waals surface area contributed by atoms with Gasteiger partial charge in [-0.3, -0.25) is 0 Å². The van der Waals surface area contributed by atoms with Gasteiger partial charge in [-0.25, -0.2) is 4.79 Å². The largest absolute Gasteiger partial charge is 0.476 e. The summed E-state index contributed by atoms with van der Waals surface area (Å²) in [5, 5.41) is 17.7. The summed E-state index contributed by atoms with van der Waals surface area (Å²) in [5.74, 6) is -0.534. The number of aromatic nitrogens is 1. The van der Waals surface area contributed by atoms with Crippen LogP contribution in [-0.4, -0.2) is 16.2 Å². The lowest BCUT2D eigenvalue weighted by molar-refractivity contribution is 0.0685. The van der Waals surface area contributed by atoms with Crippen LogP contribution in [0.4, 0.5) is 0 Å². The van der Waals surface area contributed by atoms with Crippen molar-refractivity contribution < 1.29 is 14.4 Å². The highest BCUT2D eigenvalue weighted by Gasteiger charge is 2.14. The van der Waals surface area contributed by atoms with Gasteiger partial charge in [-0.2, -0.15) is 0 Å². The minimum atomic E-state index is -1.07. The summed E-state index contributed by atoms with van der Waals surface area (Å²) in [6, 6.07) is 5.85. The molecule has 1 atom stereocenters. The van der Waals surface area contributed by atoms with Gasteiger partial charge in [0.05, 0.1) is 6.54 Å². The van der Waals surface area contributed by atoms with Crippen molar-refractivity contribution in [1.82, 2.24) is 10.5 Å². The highest BCUT2D eigenvalue weighted by atomic mass is 32.1. The molecule has 1 unspecified atom stereocenters. The average molecular weight is 280 g/mol. The van der Waals surface area contributed by atoms with E-state index in [4.69, 9.17) is 9.63 Å². The molecule has 0 radical (unpaired) electrons. The molecule has 0 saturated carbocycles. The zero-order valence-electron chi connectivity index (χ0n) is 10.6. The lowest BCUT2D eigenvalue weighted by Crippen LogP contribution is -2.19. The summed E-state index contributed by atoms with van der Waals surface area (Å²) in [4.78, 5) is 12.0. The molecule has 2 heterocycles. The first kappa shape index (κ1) is 13.8. The molecular formula is C13H16N2O3S. The first-order valence-electron chi connectivity index (χ1n) is 6.16. The lowest BCUT2D eigenvalue weighted by Gasteiger charge is -2.15. The van der Waals surface area contributed by atoms with Crippen LogP contribution in [0, 0.1) is 0 Å². The summed E-state index contributed by atoms with van der Waals surface area (Å²) >= 11 is 1.71. The number of hydrogen-bond acceptors (Lipinski definition) is 5. The second-order valence-electron chi connectivity index (χ2n) is 4.22. The molecule has 2 aromatic heterocycles. The Hall–Kier alpha value is -1.66. The molecule has 0 fully saturated rings. The Morgan fingerprint density at radius 3 is 3.05 bits per heavy atom. The van der Waals surface area contributed by atoms with Crippen LogP contribution in [0.2, 0.25) is 0 Å². The minimum Gasteiger partial charge on any atom is -0.476 e. The van der Waals surface area contributed by atoms with E-state index in [1.54, 1.807) is 11.3 Å². The highest BCUT2D eigenvalue weighted by molar-refractivity contribution is 7.10. The van der Waals surface area contributed by atoms with Gasteiger partial charge in [0.25, 0.3) is 0 Å². The SMILES string of the molecule is CCCC(NCc1cc(C(=O)O)no1)c1cccs1. The van der Waals surface area contributed by atoms with Gasteiger partial charge in [-0.15, -0.1) is 11.3 Å². The molecule has 0 spiro atoms. The summed E-state index contributed by atoms with van der Waals surface area (Å²) in [6.07, 6.45) is 2.10. The van der Waals surface area contributed by atoms with Crippen molar-refractivity contribution in [2.45, 2.75) is 32.4 Å². The number of thiophene rings is 1. The maximum Gasteiger partial charge on any atom is 0.358 e. The number of nitrogens with one attached hydrogen (secondary N) is 1. The molecule has 0 aromatic carbocycles. The van der Waals surface area contributed by atoms with Crippen LogP contribution in [0.5, 0.6) is 0 Å². The van der Waals surface area contributed by atoms with Crippen LogP contribution in [0.3, 0.4) is 0 Å². The van der Waals surface area contributed by atoms with Crippen molar-refractivity contribution in [3.63, 3.8) is 0 Å². The Bertz CT molecular complexity index is 522. The second kappa shape index (κ2) is 6.49. The van der Waals surface area contributed by atoms with E-state index >= 15 is 0 Å². The first-order chi connectivity index (χ1) is 9.20. The van der Waals surface area contributed by atoms with E-state index in [2.05, 4.69) is 28.8 Å². The fourth-order valence-electron chi connectivity index (χ4n) is 1.84. The monoisotopic (exact) mass is 280 g/mol. The van der Waals surface area contributed by atoms with Crippen molar-refractivity contribution in [2.24, 2.45) is 0 Å². The minimum absolute atomic E-state index is 0.0556.